The van der Waals surface area contributed by atoms with Crippen LogP contribution in [0.15, 0.2) is 79.0 Å². The zero-order valence-electron chi connectivity index (χ0n) is 18.7. The van der Waals surface area contributed by atoms with Crippen molar-refractivity contribution in [3.63, 3.8) is 0 Å². The number of nitrogens with zero attached hydrogens (tertiary/aromatic N) is 3. The Morgan fingerprint density at radius 2 is 1.79 bits per heavy atom. The van der Waals surface area contributed by atoms with Crippen LogP contribution < -0.4 is 9.30 Å². The number of para-hydroxylation sites is 1. The van der Waals surface area contributed by atoms with Crippen molar-refractivity contribution >= 4 is 11.0 Å². The van der Waals surface area contributed by atoms with E-state index in [4.69, 9.17) is 4.74 Å². The molecule has 0 saturated heterocycles. The van der Waals surface area contributed by atoms with Crippen molar-refractivity contribution in [2.45, 2.75) is 19.8 Å². The number of imidazole rings is 1. The Bertz CT molecular complexity index is 1340. The van der Waals surface area contributed by atoms with Crippen molar-refractivity contribution < 1.29 is 29.4 Å². The molecular formula is C28H23IrN3O+. The third-order valence-corrected chi connectivity index (χ3v) is 5.48. The Balaban J connectivity index is 0.000000172. The molecule has 3 aromatic carbocycles. The minimum absolute atomic E-state index is 0. The Labute approximate surface area is 207 Å². The van der Waals surface area contributed by atoms with Crippen molar-refractivity contribution in [2.75, 3.05) is 0 Å². The second-order valence-electron chi connectivity index (χ2n) is 7.98. The van der Waals surface area contributed by atoms with Gasteiger partial charge in [-0.2, -0.15) is 18.2 Å². The number of fused-ring (bicyclic) bond motifs is 2. The van der Waals surface area contributed by atoms with E-state index in [1.54, 1.807) is 6.20 Å². The standard InChI is InChI=1S/C17H15N2O.C11H8N.Ir/c1-11(2)12-6-4-8-14-17(12)20-15-9-5-7-13-16(15)19(14)10-18(13)3;1-2-6-10(7-3-1)11-8-4-5-9-12-11;/h4-7,9,11H,1-3H3;1-6,8-9H;/q2*-1;+3. The molecule has 6 rings (SSSR count). The molecule has 0 radical (unpaired) electrons. The van der Waals surface area contributed by atoms with Gasteiger partial charge in [-0.3, -0.25) is 0 Å². The van der Waals surface area contributed by atoms with E-state index in [-0.39, 0.29) is 20.1 Å². The third-order valence-electron chi connectivity index (χ3n) is 5.48. The average Bonchev–Trinajstić information content (AvgIpc) is 3.18. The van der Waals surface area contributed by atoms with Crippen molar-refractivity contribution in [2.24, 2.45) is 7.05 Å². The van der Waals surface area contributed by atoms with Crippen molar-refractivity contribution in [3.05, 3.63) is 103 Å². The number of benzene rings is 3. The van der Waals surface area contributed by atoms with Crippen LogP contribution in [0.25, 0.3) is 28.0 Å². The van der Waals surface area contributed by atoms with E-state index in [2.05, 4.69) is 54.0 Å². The molecule has 0 aliphatic carbocycles. The Hall–Kier alpha value is -3.27. The summed E-state index contributed by atoms with van der Waals surface area (Å²) in [5, 5.41) is 0. The number of pyridine rings is 1. The maximum Gasteiger partial charge on any atom is 3.00 e. The number of aryl methyl sites for hydroxylation is 1. The fraction of sp³-hybridized carbons (Fsp3) is 0.143. The molecule has 164 valence electrons. The Kier molecular flexibility index (Phi) is 6.73. The molecule has 33 heavy (non-hydrogen) atoms. The van der Waals surface area contributed by atoms with Crippen LogP contribution in [-0.2, 0) is 27.2 Å². The van der Waals surface area contributed by atoms with Gasteiger partial charge in [0.1, 0.15) is 5.75 Å². The SMILES string of the molecule is CC(C)c1cc[c-]c2c1Oc1cccc3c1[n+]-2[c-]n3C.[Ir+3].[c-]1ccccc1-c1ccccn1. The summed E-state index contributed by atoms with van der Waals surface area (Å²) in [4.78, 5) is 4.22. The van der Waals surface area contributed by atoms with E-state index in [0.717, 1.165) is 39.5 Å². The largest absolute Gasteiger partial charge is 3.00 e. The molecule has 4 nitrogen and oxygen atoms in total. The molecule has 1 aliphatic heterocycles. The monoisotopic (exact) mass is 610 g/mol. The van der Waals surface area contributed by atoms with Gasteiger partial charge in [0.25, 0.3) is 0 Å². The summed E-state index contributed by atoms with van der Waals surface area (Å²) in [5.41, 5.74) is 6.32. The molecule has 0 fully saturated rings. The summed E-state index contributed by atoms with van der Waals surface area (Å²) < 4.78 is 10.2. The van der Waals surface area contributed by atoms with Crippen LogP contribution in [0.2, 0.25) is 0 Å². The first kappa shape index (κ1) is 22.9. The summed E-state index contributed by atoms with van der Waals surface area (Å²) >= 11 is 0. The van der Waals surface area contributed by atoms with E-state index in [9.17, 15) is 0 Å². The number of aromatic nitrogens is 3. The second kappa shape index (κ2) is 9.70. The van der Waals surface area contributed by atoms with Gasteiger partial charge in [0.05, 0.1) is 18.1 Å². The fourth-order valence-corrected chi connectivity index (χ4v) is 3.91. The van der Waals surface area contributed by atoms with Gasteiger partial charge in [0.2, 0.25) is 6.33 Å². The number of ether oxygens (including phenoxy) is 1. The van der Waals surface area contributed by atoms with Gasteiger partial charge in [0.15, 0.2) is 0 Å². The van der Waals surface area contributed by atoms with Gasteiger partial charge in [-0.05, 0) is 29.4 Å². The molecule has 0 saturated carbocycles. The van der Waals surface area contributed by atoms with E-state index in [1.165, 1.54) is 5.56 Å². The molecule has 0 bridgehead atoms. The zero-order valence-corrected chi connectivity index (χ0v) is 21.1. The molecule has 0 N–H and O–H groups in total. The Morgan fingerprint density at radius 1 is 0.939 bits per heavy atom. The summed E-state index contributed by atoms with van der Waals surface area (Å²) in [6.07, 6.45) is 5.13. The van der Waals surface area contributed by atoms with Crippen LogP contribution in [0.1, 0.15) is 25.3 Å². The zero-order chi connectivity index (χ0) is 22.1. The first-order valence-corrected chi connectivity index (χ1v) is 10.7. The van der Waals surface area contributed by atoms with Crippen molar-refractivity contribution in [1.29, 1.82) is 0 Å². The molecule has 0 atom stereocenters. The minimum Gasteiger partial charge on any atom is -0.527 e. The quantitative estimate of drug-likeness (QED) is 0.183. The molecule has 0 unspecified atom stereocenters. The molecule has 5 heteroatoms. The molecule has 0 spiro atoms. The van der Waals surface area contributed by atoms with Gasteiger partial charge < -0.3 is 18.9 Å². The maximum atomic E-state index is 6.17. The van der Waals surface area contributed by atoms with Crippen LogP contribution >= 0.6 is 0 Å². The third kappa shape index (κ3) is 4.35. The van der Waals surface area contributed by atoms with Crippen LogP contribution in [0.5, 0.6) is 11.5 Å². The average molecular weight is 610 g/mol. The van der Waals surface area contributed by atoms with E-state index in [0.29, 0.717) is 5.92 Å². The first-order valence-electron chi connectivity index (χ1n) is 10.7. The van der Waals surface area contributed by atoms with Crippen molar-refractivity contribution in [3.8, 4) is 28.4 Å². The summed E-state index contributed by atoms with van der Waals surface area (Å²) in [6.45, 7) is 4.35. The second-order valence-corrected chi connectivity index (χ2v) is 7.98. The van der Waals surface area contributed by atoms with Crippen LogP contribution in [-0.4, -0.2) is 9.55 Å². The van der Waals surface area contributed by atoms with Gasteiger partial charge >= 0.3 is 20.1 Å². The minimum atomic E-state index is 0. The van der Waals surface area contributed by atoms with Gasteiger partial charge in [-0.1, -0.05) is 38.1 Å². The smallest absolute Gasteiger partial charge is 0.527 e. The molecule has 1 aliphatic rings. The van der Waals surface area contributed by atoms with Gasteiger partial charge in [0, 0.05) is 11.9 Å². The number of hydrogen-bond acceptors (Lipinski definition) is 2. The molecule has 3 heterocycles. The molecule has 0 amide bonds. The van der Waals surface area contributed by atoms with Crippen molar-refractivity contribution in [1.82, 2.24) is 9.55 Å². The first-order chi connectivity index (χ1) is 15.6. The van der Waals surface area contributed by atoms with Gasteiger partial charge in [-0.25, -0.2) is 0 Å². The van der Waals surface area contributed by atoms with Crippen LogP contribution in [0.4, 0.5) is 0 Å². The van der Waals surface area contributed by atoms with E-state index in [1.807, 2.05) is 72.3 Å². The number of hydrogen-bond donors (Lipinski definition) is 0. The summed E-state index contributed by atoms with van der Waals surface area (Å²) in [7, 11) is 2.00. The summed E-state index contributed by atoms with van der Waals surface area (Å²) in [6, 6.07) is 30.3. The predicted octanol–water partition coefficient (Wildman–Crippen LogP) is 5.83. The molecule has 5 aromatic rings. The topological polar surface area (TPSA) is 30.9 Å². The van der Waals surface area contributed by atoms with Crippen LogP contribution in [0.3, 0.4) is 0 Å². The maximum absolute atomic E-state index is 6.17. The van der Waals surface area contributed by atoms with Crippen LogP contribution in [0, 0.1) is 18.5 Å². The van der Waals surface area contributed by atoms with Gasteiger partial charge in [-0.15, -0.1) is 41.5 Å². The van der Waals surface area contributed by atoms with E-state index < -0.39 is 0 Å². The normalized spacial score (nSPS) is 11.2. The van der Waals surface area contributed by atoms with E-state index >= 15 is 0 Å². The predicted molar refractivity (Wildman–Crippen MR) is 125 cm³/mol. The number of rotatable bonds is 2. The summed E-state index contributed by atoms with van der Waals surface area (Å²) in [5.74, 6) is 2.19. The fourth-order valence-electron chi connectivity index (χ4n) is 3.91. The molecule has 2 aromatic heterocycles. The molecular weight excluding hydrogens is 587 g/mol. The Morgan fingerprint density at radius 3 is 2.52 bits per heavy atom.